The predicted molar refractivity (Wildman–Crippen MR) is 132 cm³/mol. The Balaban J connectivity index is 3.11. The van der Waals surface area contributed by atoms with Crippen molar-refractivity contribution in [2.75, 3.05) is 0 Å². The molecule has 1 heteroatoms. The van der Waals surface area contributed by atoms with Crippen LogP contribution in [0.15, 0.2) is 24.3 Å². The van der Waals surface area contributed by atoms with E-state index in [9.17, 15) is 0 Å². The Labute approximate surface area is 198 Å². The zero-order valence-electron chi connectivity index (χ0n) is 20.6. The van der Waals surface area contributed by atoms with Crippen LogP contribution in [-0.2, 0) is 24.6 Å². The van der Waals surface area contributed by atoms with E-state index in [1.54, 1.807) is 7.86 Å². The number of hydrogen-bond acceptors (Lipinski definition) is 0. The monoisotopic (exact) mass is 592 g/mol. The Morgan fingerprint density at radius 1 is 0.379 bits per heavy atom. The quantitative estimate of drug-likeness (QED) is 0.0595. The molecule has 0 aromatic carbocycles. The van der Waals surface area contributed by atoms with Gasteiger partial charge in [0.25, 0.3) is 0 Å². The molecule has 0 radical (unpaired) electrons. The van der Waals surface area contributed by atoms with E-state index >= 15 is 0 Å². The van der Waals surface area contributed by atoms with Gasteiger partial charge in [-0.05, 0) is 0 Å². The second-order valence-corrected chi connectivity index (χ2v) is 17.4. The van der Waals surface area contributed by atoms with Crippen molar-refractivity contribution in [3.05, 3.63) is 24.3 Å². The van der Waals surface area contributed by atoms with Gasteiger partial charge in [-0.15, -0.1) is 0 Å². The van der Waals surface area contributed by atoms with Gasteiger partial charge in [0.2, 0.25) is 0 Å². The Morgan fingerprint density at radius 2 is 0.690 bits per heavy atom. The molecule has 0 rings (SSSR count). The van der Waals surface area contributed by atoms with Gasteiger partial charge < -0.3 is 0 Å². The summed E-state index contributed by atoms with van der Waals surface area (Å²) >= 11 is -0.473. The van der Waals surface area contributed by atoms with Crippen LogP contribution in [0.1, 0.15) is 142 Å². The molecule has 0 unspecified atom stereocenters. The fraction of sp³-hybridized carbons (Fsp3) is 0.857. The fourth-order valence-corrected chi connectivity index (χ4v) is 10.8. The standard InChI is InChI=1S/2C14H27.Hg/c2*1-3-5-7-9-11-13-14-12-10-8-6-4-2;/h2*9,11H,1,3-8,10,12-14H2,2H3;. The molecular weight excluding hydrogens is 537 g/mol. The average Bonchev–Trinajstić information content (AvgIpc) is 2.74. The summed E-state index contributed by atoms with van der Waals surface area (Å²) in [6.07, 6.45) is 38.2. The number of hydrogen-bond donors (Lipinski definition) is 0. The normalized spacial score (nSPS) is 11.7. The van der Waals surface area contributed by atoms with Gasteiger partial charge in [0.1, 0.15) is 0 Å². The van der Waals surface area contributed by atoms with Crippen LogP contribution in [0.3, 0.4) is 0 Å². The van der Waals surface area contributed by atoms with E-state index in [-0.39, 0.29) is 0 Å². The van der Waals surface area contributed by atoms with Gasteiger partial charge >= 0.3 is 172 Å². The first-order valence-electron chi connectivity index (χ1n) is 13.7. The van der Waals surface area contributed by atoms with E-state index in [1.807, 2.05) is 0 Å². The minimum absolute atomic E-state index is 0.473. The summed E-state index contributed by atoms with van der Waals surface area (Å²) in [6, 6.07) is 0. The summed E-state index contributed by atoms with van der Waals surface area (Å²) in [4.78, 5) is 0. The summed E-state index contributed by atoms with van der Waals surface area (Å²) in [6.45, 7) is 4.59. The van der Waals surface area contributed by atoms with Crippen LogP contribution in [0.5, 0.6) is 0 Å². The maximum atomic E-state index is 2.46. The first-order chi connectivity index (χ1) is 14.4. The minimum atomic E-state index is -0.473. The third-order valence-corrected chi connectivity index (χ3v) is 13.8. The molecule has 0 atom stereocenters. The van der Waals surface area contributed by atoms with Crippen molar-refractivity contribution >= 4 is 0 Å². The fourth-order valence-electron chi connectivity index (χ4n) is 3.96. The van der Waals surface area contributed by atoms with Crippen LogP contribution in [-0.4, -0.2) is 0 Å². The molecule has 0 saturated carbocycles. The molecule has 0 saturated heterocycles. The van der Waals surface area contributed by atoms with E-state index in [4.69, 9.17) is 0 Å². The van der Waals surface area contributed by atoms with Crippen LogP contribution in [0.2, 0.25) is 7.86 Å². The molecular formula is C28H54Hg. The molecule has 0 aliphatic heterocycles. The van der Waals surface area contributed by atoms with Crippen molar-refractivity contribution in [2.45, 2.75) is 150 Å². The second kappa shape index (κ2) is 28.4. The Morgan fingerprint density at radius 3 is 1.07 bits per heavy atom. The van der Waals surface area contributed by atoms with Crippen LogP contribution in [0.4, 0.5) is 0 Å². The van der Waals surface area contributed by atoms with Crippen LogP contribution in [0, 0.1) is 0 Å². The van der Waals surface area contributed by atoms with Gasteiger partial charge in [-0.3, -0.25) is 0 Å². The molecule has 0 aliphatic rings. The van der Waals surface area contributed by atoms with Gasteiger partial charge in [0, 0.05) is 0 Å². The summed E-state index contributed by atoms with van der Waals surface area (Å²) in [5, 5.41) is 0. The third kappa shape index (κ3) is 28.4. The SMILES string of the molecule is CCCCCCCCC=CCCC[CH2][Hg][CH2]CCCC=CCCCCCCCC. The number of allylic oxidation sites excluding steroid dienone is 4. The van der Waals surface area contributed by atoms with E-state index in [0.717, 1.165) is 0 Å². The smallest absolute Gasteiger partial charge is 0.0654 e. The Bertz CT molecular complexity index is 299. The van der Waals surface area contributed by atoms with Crippen LogP contribution >= 0.6 is 0 Å². The maximum absolute atomic E-state index is 2.46. The van der Waals surface area contributed by atoms with E-state index < -0.39 is 24.6 Å². The molecule has 0 amide bonds. The first-order valence-corrected chi connectivity index (χ1v) is 21.5. The zero-order chi connectivity index (χ0) is 21.1. The molecule has 29 heavy (non-hydrogen) atoms. The van der Waals surface area contributed by atoms with Gasteiger partial charge in [-0.2, -0.15) is 0 Å². The van der Waals surface area contributed by atoms with Gasteiger partial charge in [0.05, 0.1) is 0 Å². The Kier molecular flexibility index (Phi) is 28.8. The van der Waals surface area contributed by atoms with Gasteiger partial charge in [-0.1, -0.05) is 26.7 Å². The van der Waals surface area contributed by atoms with Crippen molar-refractivity contribution in [2.24, 2.45) is 0 Å². The summed E-state index contributed by atoms with van der Waals surface area (Å²) < 4.78 is 3.33. The molecule has 0 spiro atoms. The number of rotatable bonds is 24. The second-order valence-electron chi connectivity index (χ2n) is 9.11. The first kappa shape index (κ1) is 29.4. The van der Waals surface area contributed by atoms with Crippen molar-refractivity contribution in [1.29, 1.82) is 0 Å². The molecule has 0 heterocycles. The minimum Gasteiger partial charge on any atom is -0.0654 e. The van der Waals surface area contributed by atoms with E-state index in [1.165, 1.54) is 128 Å². The molecule has 0 nitrogen and oxygen atoms in total. The average molecular weight is 591 g/mol. The third-order valence-electron chi connectivity index (χ3n) is 6.02. The van der Waals surface area contributed by atoms with Crippen molar-refractivity contribution < 1.29 is 24.6 Å². The van der Waals surface area contributed by atoms with Crippen LogP contribution in [0.25, 0.3) is 0 Å². The molecule has 0 aromatic heterocycles. The molecule has 0 N–H and O–H groups in total. The molecule has 0 bridgehead atoms. The molecule has 0 aliphatic carbocycles. The van der Waals surface area contributed by atoms with Gasteiger partial charge in [-0.25, -0.2) is 0 Å². The van der Waals surface area contributed by atoms with Crippen molar-refractivity contribution in [3.8, 4) is 0 Å². The Hall–Kier alpha value is 0.415. The van der Waals surface area contributed by atoms with Crippen molar-refractivity contribution in [3.63, 3.8) is 0 Å². The van der Waals surface area contributed by atoms with Crippen molar-refractivity contribution in [1.82, 2.24) is 0 Å². The van der Waals surface area contributed by atoms with Gasteiger partial charge in [0.15, 0.2) is 0 Å². The molecule has 0 fully saturated rings. The zero-order valence-corrected chi connectivity index (χ0v) is 26.1. The topological polar surface area (TPSA) is 0 Å². The molecule has 0 aromatic rings. The predicted octanol–water partition coefficient (Wildman–Crippen LogP) is 10.9. The van der Waals surface area contributed by atoms with Crippen LogP contribution < -0.4 is 0 Å². The summed E-state index contributed by atoms with van der Waals surface area (Å²) in [5.41, 5.74) is 0. The van der Waals surface area contributed by atoms with E-state index in [0.29, 0.717) is 0 Å². The van der Waals surface area contributed by atoms with E-state index in [2.05, 4.69) is 38.2 Å². The summed E-state index contributed by atoms with van der Waals surface area (Å²) in [7, 11) is 0. The summed E-state index contributed by atoms with van der Waals surface area (Å²) in [5.74, 6) is 0. The number of unbranched alkanes of at least 4 members (excludes halogenated alkanes) is 16. The molecule has 168 valence electrons.